The number of nitrogens with two attached hydrogens (primary N) is 1. The third-order valence-electron chi connectivity index (χ3n) is 5.79. The predicted molar refractivity (Wildman–Crippen MR) is 136 cm³/mol. The summed E-state index contributed by atoms with van der Waals surface area (Å²) in [6.45, 7) is 20.1. The third kappa shape index (κ3) is 10.7. The molecule has 1 aromatic heterocycles. The average molecular weight is 443 g/mol. The van der Waals surface area contributed by atoms with Gasteiger partial charge in [0.15, 0.2) is 5.82 Å². The zero-order chi connectivity index (χ0) is 21.6. The highest BCUT2D eigenvalue weighted by molar-refractivity contribution is 5.85. The van der Waals surface area contributed by atoms with E-state index >= 15 is 0 Å². The second-order valence-corrected chi connectivity index (χ2v) is 8.05. The van der Waals surface area contributed by atoms with Crippen molar-refractivity contribution in [2.45, 2.75) is 79.3 Å². The lowest BCUT2D eigenvalue weighted by Gasteiger charge is -2.22. The van der Waals surface area contributed by atoms with Crippen molar-refractivity contribution in [2.24, 2.45) is 0 Å². The highest BCUT2D eigenvalue weighted by Crippen LogP contribution is 2.27. The first-order valence-corrected chi connectivity index (χ1v) is 11.7. The molecule has 30 heavy (non-hydrogen) atoms. The molecule has 1 heterocycles. The van der Waals surface area contributed by atoms with Gasteiger partial charge in [0.2, 0.25) is 0 Å². The van der Waals surface area contributed by atoms with E-state index in [1.807, 2.05) is 12.3 Å². The Kier molecular flexibility index (Phi) is 15.8. The van der Waals surface area contributed by atoms with Crippen molar-refractivity contribution in [3.8, 4) is 0 Å². The largest absolute Gasteiger partial charge is 0.394 e. The van der Waals surface area contributed by atoms with E-state index in [9.17, 15) is 0 Å². The molecule has 1 rings (SSSR count). The lowest BCUT2D eigenvalue weighted by molar-refractivity contribution is 0.295. The number of hydrogen-bond acceptors (Lipinski definition) is 6. The third-order valence-corrected chi connectivity index (χ3v) is 5.79. The fraction of sp³-hybridized carbons (Fsp3) is 0.783. The standard InChI is InChI=1S/C23H46N6.ClH/c1-7-28(8-2)17-11-13-19(5)26-21-15-16-25-23(22(21)24)27-20(6)14-12-18-29(9-3)10-4;/h15-16,19-20H,7-14,17-18,24H2,1-6H3,(H2,25,26,27);1H. The van der Waals surface area contributed by atoms with Gasteiger partial charge in [-0.25, -0.2) is 4.98 Å². The van der Waals surface area contributed by atoms with Crippen molar-refractivity contribution in [1.82, 2.24) is 14.8 Å². The van der Waals surface area contributed by atoms with E-state index < -0.39 is 0 Å². The molecule has 0 radical (unpaired) electrons. The van der Waals surface area contributed by atoms with Crippen LogP contribution < -0.4 is 16.4 Å². The van der Waals surface area contributed by atoms with Crippen LogP contribution in [0.3, 0.4) is 0 Å². The van der Waals surface area contributed by atoms with Gasteiger partial charge in [-0.15, -0.1) is 12.4 Å². The first-order valence-electron chi connectivity index (χ1n) is 11.7. The number of aromatic nitrogens is 1. The summed E-state index contributed by atoms with van der Waals surface area (Å²) in [5.74, 6) is 0.792. The Balaban J connectivity index is 0.00000841. The summed E-state index contributed by atoms with van der Waals surface area (Å²) in [4.78, 5) is 9.41. The van der Waals surface area contributed by atoms with Gasteiger partial charge in [0.1, 0.15) is 0 Å². The number of nitrogen functional groups attached to an aromatic ring is 1. The number of pyridine rings is 1. The highest BCUT2D eigenvalue weighted by Gasteiger charge is 2.12. The molecular weight excluding hydrogens is 396 g/mol. The first kappa shape index (κ1) is 28.8. The number of hydrogen-bond donors (Lipinski definition) is 3. The monoisotopic (exact) mass is 442 g/mol. The van der Waals surface area contributed by atoms with E-state index in [0.717, 1.165) is 69.3 Å². The van der Waals surface area contributed by atoms with Crippen LogP contribution in [-0.4, -0.2) is 66.1 Å². The molecule has 0 aliphatic heterocycles. The maximum atomic E-state index is 6.42. The normalized spacial score (nSPS) is 13.2. The second-order valence-electron chi connectivity index (χ2n) is 8.05. The highest BCUT2D eigenvalue weighted by atomic mass is 35.5. The summed E-state index contributed by atoms with van der Waals surface area (Å²) >= 11 is 0. The lowest BCUT2D eigenvalue weighted by Crippen LogP contribution is -2.26. The Hall–Kier alpha value is -1.24. The Morgan fingerprint density at radius 2 is 1.33 bits per heavy atom. The molecule has 6 nitrogen and oxygen atoms in total. The fourth-order valence-electron chi connectivity index (χ4n) is 3.68. The summed E-state index contributed by atoms with van der Waals surface area (Å²) < 4.78 is 0. The molecule has 0 aliphatic rings. The molecule has 7 heteroatoms. The van der Waals surface area contributed by atoms with E-state index in [2.05, 4.69) is 67.0 Å². The van der Waals surface area contributed by atoms with Gasteiger partial charge >= 0.3 is 0 Å². The molecule has 0 saturated carbocycles. The maximum absolute atomic E-state index is 6.42. The van der Waals surface area contributed by atoms with E-state index in [-0.39, 0.29) is 12.4 Å². The Morgan fingerprint density at radius 1 is 0.867 bits per heavy atom. The Bertz CT molecular complexity index is 504. The van der Waals surface area contributed by atoms with Gasteiger partial charge in [0, 0.05) is 18.3 Å². The van der Waals surface area contributed by atoms with E-state index in [4.69, 9.17) is 5.73 Å². The minimum atomic E-state index is 0. The molecule has 0 saturated heterocycles. The topological polar surface area (TPSA) is 69.5 Å². The molecule has 0 amide bonds. The molecule has 0 fully saturated rings. The van der Waals surface area contributed by atoms with Crippen LogP contribution in [0.1, 0.15) is 67.2 Å². The lowest BCUT2D eigenvalue weighted by atomic mass is 10.1. The summed E-state index contributed by atoms with van der Waals surface area (Å²) in [5, 5.41) is 7.08. The molecule has 176 valence electrons. The molecule has 4 N–H and O–H groups in total. The van der Waals surface area contributed by atoms with Crippen molar-refractivity contribution in [3.63, 3.8) is 0 Å². The second kappa shape index (κ2) is 16.5. The molecular formula is C23H47ClN6. The minimum absolute atomic E-state index is 0. The summed E-state index contributed by atoms with van der Waals surface area (Å²) in [7, 11) is 0. The first-order chi connectivity index (χ1) is 13.9. The van der Waals surface area contributed by atoms with Crippen molar-refractivity contribution in [3.05, 3.63) is 12.3 Å². The summed E-state index contributed by atoms with van der Waals surface area (Å²) in [6, 6.07) is 2.71. The van der Waals surface area contributed by atoms with Gasteiger partial charge < -0.3 is 26.2 Å². The van der Waals surface area contributed by atoms with Gasteiger partial charge in [0.25, 0.3) is 0 Å². The van der Waals surface area contributed by atoms with Crippen LogP contribution in [0, 0.1) is 0 Å². The van der Waals surface area contributed by atoms with Crippen LogP contribution in [0.5, 0.6) is 0 Å². The average Bonchev–Trinajstić information content (AvgIpc) is 2.71. The van der Waals surface area contributed by atoms with E-state index in [1.165, 1.54) is 12.8 Å². The number of halogens is 1. The SMILES string of the molecule is CCN(CC)CCCC(C)Nc1ccnc(NC(C)CCCN(CC)CC)c1N.Cl. The number of nitrogens with zero attached hydrogens (tertiary/aromatic N) is 3. The molecule has 0 aromatic carbocycles. The zero-order valence-electron chi connectivity index (χ0n) is 20.2. The van der Waals surface area contributed by atoms with Crippen LogP contribution in [0.25, 0.3) is 0 Å². The van der Waals surface area contributed by atoms with Crippen LogP contribution in [0.15, 0.2) is 12.3 Å². The maximum Gasteiger partial charge on any atom is 0.151 e. The Morgan fingerprint density at radius 3 is 1.80 bits per heavy atom. The van der Waals surface area contributed by atoms with Gasteiger partial charge in [-0.05, 0) is 84.9 Å². The van der Waals surface area contributed by atoms with Crippen molar-refractivity contribution in [1.29, 1.82) is 0 Å². The molecule has 2 unspecified atom stereocenters. The quantitative estimate of drug-likeness (QED) is 0.337. The zero-order valence-corrected chi connectivity index (χ0v) is 21.0. The Labute approximate surface area is 191 Å². The van der Waals surface area contributed by atoms with Crippen LogP contribution in [-0.2, 0) is 0 Å². The van der Waals surface area contributed by atoms with Gasteiger partial charge in [0.05, 0.1) is 11.4 Å². The smallest absolute Gasteiger partial charge is 0.151 e. The van der Waals surface area contributed by atoms with Crippen molar-refractivity contribution >= 4 is 29.6 Å². The van der Waals surface area contributed by atoms with Crippen molar-refractivity contribution in [2.75, 3.05) is 55.6 Å². The van der Waals surface area contributed by atoms with Gasteiger partial charge in [-0.1, -0.05) is 27.7 Å². The van der Waals surface area contributed by atoms with Crippen molar-refractivity contribution < 1.29 is 0 Å². The van der Waals surface area contributed by atoms with Crippen LogP contribution >= 0.6 is 12.4 Å². The predicted octanol–water partition coefficient (Wildman–Crippen LogP) is 4.93. The molecule has 2 atom stereocenters. The summed E-state index contributed by atoms with van der Waals surface area (Å²) in [6.07, 6.45) is 6.44. The summed E-state index contributed by atoms with van der Waals surface area (Å²) in [5.41, 5.74) is 8.12. The molecule has 1 aromatic rings. The van der Waals surface area contributed by atoms with Gasteiger partial charge in [-0.3, -0.25) is 0 Å². The number of anilines is 3. The van der Waals surface area contributed by atoms with E-state index in [0.29, 0.717) is 12.1 Å². The molecule has 0 bridgehead atoms. The fourth-order valence-corrected chi connectivity index (χ4v) is 3.68. The minimum Gasteiger partial charge on any atom is -0.394 e. The number of nitrogens with one attached hydrogen (secondary N) is 2. The van der Waals surface area contributed by atoms with Crippen LogP contribution in [0.4, 0.5) is 17.2 Å². The van der Waals surface area contributed by atoms with Crippen LogP contribution in [0.2, 0.25) is 0 Å². The number of rotatable bonds is 16. The molecule has 0 spiro atoms. The van der Waals surface area contributed by atoms with E-state index in [1.54, 1.807) is 0 Å². The molecule has 0 aliphatic carbocycles. The van der Waals surface area contributed by atoms with Gasteiger partial charge in [-0.2, -0.15) is 0 Å².